The summed E-state index contributed by atoms with van der Waals surface area (Å²) in [5, 5.41) is 0. The summed E-state index contributed by atoms with van der Waals surface area (Å²) in [5.41, 5.74) is 0.0536. The summed E-state index contributed by atoms with van der Waals surface area (Å²) >= 11 is 0. The van der Waals surface area contributed by atoms with Crippen molar-refractivity contribution in [3.63, 3.8) is 0 Å². The van der Waals surface area contributed by atoms with E-state index in [4.69, 9.17) is 4.74 Å². The Morgan fingerprint density at radius 3 is 1.30 bits per heavy atom. The first-order valence-electron chi connectivity index (χ1n) is 11.3. The van der Waals surface area contributed by atoms with E-state index in [-0.39, 0.29) is 28.7 Å². The maximum absolute atomic E-state index is 14.8. The quantitative estimate of drug-likeness (QED) is 0.127. The van der Waals surface area contributed by atoms with Crippen LogP contribution in [0.5, 0.6) is 0 Å². The molecule has 0 aromatic carbocycles. The molecule has 0 aromatic heterocycles. The third-order valence-corrected chi connectivity index (χ3v) is 6.00. The highest BCUT2D eigenvalue weighted by Crippen LogP contribution is 2.35. The molecule has 0 heterocycles. The second-order valence-corrected chi connectivity index (χ2v) is 8.58. The Hall–Kier alpha value is -2.08. The molecule has 0 spiro atoms. The number of hydrogen-bond donors (Lipinski definition) is 0. The Labute approximate surface area is 197 Å². The Bertz CT molecular complexity index is 779. The molecule has 0 aliphatic rings. The van der Waals surface area contributed by atoms with E-state index in [1.54, 1.807) is 20.8 Å². The summed E-state index contributed by atoms with van der Waals surface area (Å²) in [6, 6.07) is 0. The number of allylic oxidation sites excluding steroid dienone is 7. The molecular formula is C27H40F4O2. The molecule has 0 saturated heterocycles. The third-order valence-electron chi connectivity index (χ3n) is 6.00. The molecule has 33 heavy (non-hydrogen) atoms. The predicted octanol–water partition coefficient (Wildman–Crippen LogP) is 9.01. The van der Waals surface area contributed by atoms with Gasteiger partial charge in [0.15, 0.2) is 23.3 Å². The molecule has 0 aliphatic carbocycles. The third kappa shape index (κ3) is 9.75. The van der Waals surface area contributed by atoms with E-state index < -0.39 is 40.9 Å². The van der Waals surface area contributed by atoms with Crippen molar-refractivity contribution in [1.82, 2.24) is 0 Å². The lowest BCUT2D eigenvalue weighted by Crippen LogP contribution is -2.11. The van der Waals surface area contributed by atoms with Gasteiger partial charge in [0, 0.05) is 6.61 Å². The molecule has 188 valence electrons. The van der Waals surface area contributed by atoms with Crippen molar-refractivity contribution in [2.45, 2.75) is 66.4 Å². The first-order chi connectivity index (χ1) is 15.3. The van der Waals surface area contributed by atoms with E-state index in [1.807, 2.05) is 13.8 Å². The van der Waals surface area contributed by atoms with Gasteiger partial charge < -0.3 is 9.47 Å². The molecule has 0 saturated carbocycles. The minimum absolute atomic E-state index is 0.0105. The zero-order valence-corrected chi connectivity index (χ0v) is 21.0. The van der Waals surface area contributed by atoms with E-state index in [0.29, 0.717) is 32.3 Å². The maximum atomic E-state index is 14.8. The van der Waals surface area contributed by atoms with Gasteiger partial charge in [-0.05, 0) is 74.0 Å². The molecule has 0 radical (unpaired) electrons. The normalized spacial score (nSPS) is 16.7. The van der Waals surface area contributed by atoms with Crippen molar-refractivity contribution in [2.24, 2.45) is 17.8 Å². The molecule has 6 heteroatoms. The first-order valence-corrected chi connectivity index (χ1v) is 11.3. The van der Waals surface area contributed by atoms with Gasteiger partial charge in [-0.1, -0.05) is 47.1 Å². The number of rotatable bonds is 16. The largest absolute Gasteiger partial charge is 0.494 e. The van der Waals surface area contributed by atoms with Crippen LogP contribution in [0, 0.1) is 17.8 Å². The van der Waals surface area contributed by atoms with Crippen LogP contribution in [0.15, 0.2) is 72.1 Å². The predicted molar refractivity (Wildman–Crippen MR) is 129 cm³/mol. The molecule has 4 unspecified atom stereocenters. The molecule has 0 amide bonds. The van der Waals surface area contributed by atoms with Crippen LogP contribution in [-0.2, 0) is 9.47 Å². The van der Waals surface area contributed by atoms with Crippen molar-refractivity contribution in [3.05, 3.63) is 72.1 Å². The van der Waals surface area contributed by atoms with Crippen molar-refractivity contribution in [1.29, 1.82) is 0 Å². The Morgan fingerprint density at radius 1 is 0.636 bits per heavy atom. The zero-order valence-electron chi connectivity index (χ0n) is 21.0. The monoisotopic (exact) mass is 472 g/mol. The Balaban J connectivity index is 5.05. The lowest BCUT2D eigenvalue weighted by Gasteiger charge is -2.20. The van der Waals surface area contributed by atoms with Crippen LogP contribution in [0.25, 0.3) is 0 Å². The SMILES string of the molecule is C=C(OC)/C(F)=C(/F)C(=C)C(C)CCC(C)C(=C)/C(F)=C(/F)C(=C)C(C)CCC(C)OCC. The lowest BCUT2D eigenvalue weighted by molar-refractivity contribution is 0.0668. The lowest BCUT2D eigenvalue weighted by atomic mass is 9.87. The Morgan fingerprint density at radius 2 is 0.970 bits per heavy atom. The van der Waals surface area contributed by atoms with Crippen molar-refractivity contribution in [3.8, 4) is 0 Å². The highest BCUT2D eigenvalue weighted by atomic mass is 19.2. The van der Waals surface area contributed by atoms with Gasteiger partial charge >= 0.3 is 0 Å². The second kappa shape index (κ2) is 14.9. The summed E-state index contributed by atoms with van der Waals surface area (Å²) in [4.78, 5) is 0. The smallest absolute Gasteiger partial charge is 0.200 e. The van der Waals surface area contributed by atoms with Crippen LogP contribution in [0.4, 0.5) is 17.6 Å². The molecule has 0 aromatic rings. The van der Waals surface area contributed by atoms with Gasteiger partial charge in [-0.2, -0.15) is 4.39 Å². The topological polar surface area (TPSA) is 18.5 Å². The van der Waals surface area contributed by atoms with Gasteiger partial charge in [-0.25, -0.2) is 13.2 Å². The van der Waals surface area contributed by atoms with Gasteiger partial charge in [-0.3, -0.25) is 0 Å². The second-order valence-electron chi connectivity index (χ2n) is 8.58. The van der Waals surface area contributed by atoms with Gasteiger partial charge in [0.1, 0.15) is 5.76 Å². The number of methoxy groups -OCH3 is 1. The van der Waals surface area contributed by atoms with Crippen LogP contribution in [-0.4, -0.2) is 19.8 Å². The van der Waals surface area contributed by atoms with Crippen molar-refractivity contribution in [2.75, 3.05) is 13.7 Å². The van der Waals surface area contributed by atoms with Crippen molar-refractivity contribution < 1.29 is 27.0 Å². The van der Waals surface area contributed by atoms with Gasteiger partial charge in [0.25, 0.3) is 0 Å². The molecule has 0 aliphatic heterocycles. The number of hydrogen-bond acceptors (Lipinski definition) is 2. The van der Waals surface area contributed by atoms with E-state index in [9.17, 15) is 17.6 Å². The zero-order chi connectivity index (χ0) is 25.9. The minimum atomic E-state index is -1.20. The summed E-state index contributed by atoms with van der Waals surface area (Å²) in [6.45, 7) is 24.0. The van der Waals surface area contributed by atoms with Crippen LogP contribution in [0.3, 0.4) is 0 Å². The minimum Gasteiger partial charge on any atom is -0.494 e. The van der Waals surface area contributed by atoms with Gasteiger partial charge in [0.2, 0.25) is 0 Å². The average molecular weight is 473 g/mol. The van der Waals surface area contributed by atoms with Crippen LogP contribution in [0.1, 0.15) is 60.3 Å². The molecular weight excluding hydrogens is 432 g/mol. The molecule has 0 N–H and O–H groups in total. The average Bonchev–Trinajstić information content (AvgIpc) is 2.81. The van der Waals surface area contributed by atoms with E-state index >= 15 is 0 Å². The molecule has 2 nitrogen and oxygen atoms in total. The summed E-state index contributed by atoms with van der Waals surface area (Å²) in [5.74, 6) is -5.86. The highest BCUT2D eigenvalue weighted by molar-refractivity contribution is 5.37. The fraction of sp³-hybridized carbons (Fsp3) is 0.556. The highest BCUT2D eigenvalue weighted by Gasteiger charge is 2.23. The number of ether oxygens (including phenoxy) is 2. The summed E-state index contributed by atoms with van der Waals surface area (Å²) in [7, 11) is 1.19. The van der Waals surface area contributed by atoms with Crippen LogP contribution >= 0.6 is 0 Å². The fourth-order valence-corrected chi connectivity index (χ4v) is 3.16. The van der Waals surface area contributed by atoms with Crippen LogP contribution in [0.2, 0.25) is 0 Å². The number of halogens is 4. The first kappa shape index (κ1) is 30.9. The van der Waals surface area contributed by atoms with E-state index in [2.05, 4.69) is 31.1 Å². The molecule has 0 bridgehead atoms. The molecule has 4 atom stereocenters. The molecule has 0 fully saturated rings. The summed E-state index contributed by atoms with van der Waals surface area (Å²) < 4.78 is 67.7. The van der Waals surface area contributed by atoms with Crippen molar-refractivity contribution >= 4 is 0 Å². The summed E-state index contributed by atoms with van der Waals surface area (Å²) in [6.07, 6.45) is 2.13. The standard InChI is InChI=1S/C27H40F4O2/c1-11-33-19(5)15-14-18(4)21(7)25(29)24(28)20(6)16(2)12-13-17(3)22(8)26(30)27(31)23(9)32-10/h16-19H,6-9,11-15H2,1-5,10H3/b25-24-,27-26-. The molecule has 0 rings (SSSR count). The van der Waals surface area contributed by atoms with E-state index in [0.717, 1.165) is 0 Å². The maximum Gasteiger partial charge on any atom is 0.200 e. The van der Waals surface area contributed by atoms with E-state index in [1.165, 1.54) is 7.11 Å². The van der Waals surface area contributed by atoms with Gasteiger partial charge in [-0.15, -0.1) is 0 Å². The van der Waals surface area contributed by atoms with Crippen LogP contribution < -0.4 is 0 Å². The Kier molecular flexibility index (Phi) is 14.0. The fourth-order valence-electron chi connectivity index (χ4n) is 3.16. The van der Waals surface area contributed by atoms with Gasteiger partial charge in [0.05, 0.1) is 13.2 Å².